The SMILES string of the molecule is Cc1cc(-c2ncnn2C)c2cccc(OCc3c(Cl)cc(F)cc3[C@H](C)N3C[C@@H](C)NC(=O)C3=O)c2n1. The van der Waals surface area contributed by atoms with Crippen molar-refractivity contribution in [3.63, 3.8) is 0 Å². The van der Waals surface area contributed by atoms with Crippen LogP contribution in [-0.2, 0) is 23.2 Å². The number of aryl methyl sites for hydroxylation is 2. The standard InChI is InChI=1S/C27H26ClFN6O3/c1-14-8-20(25-30-13-31-34(25)4)18-6-5-7-23(24(18)32-14)38-12-21-19(9-17(29)10-22(21)28)16(3)35-11-15(2)33-26(36)27(35)37/h5-10,13,15-16H,11-12H2,1-4H3,(H,33,36)/t15-,16+/m1/s1. The molecule has 196 valence electrons. The van der Waals surface area contributed by atoms with E-state index in [-0.39, 0.29) is 24.2 Å². The van der Waals surface area contributed by atoms with E-state index in [4.69, 9.17) is 21.3 Å². The Bertz CT molecular complexity index is 1570. The van der Waals surface area contributed by atoms with Crippen LogP contribution in [0.1, 0.15) is 36.7 Å². The second kappa shape index (κ2) is 10.0. The lowest BCUT2D eigenvalue weighted by molar-refractivity contribution is -0.151. The third kappa shape index (κ3) is 4.67. The molecular formula is C27H26ClFN6O3. The van der Waals surface area contributed by atoms with Crippen molar-refractivity contribution < 1.29 is 18.7 Å². The normalized spacial score (nSPS) is 16.6. The number of carbonyl (C=O) groups excluding carboxylic acids is 2. The summed E-state index contributed by atoms with van der Waals surface area (Å²) >= 11 is 6.49. The van der Waals surface area contributed by atoms with Crippen molar-refractivity contribution in [2.45, 2.75) is 39.5 Å². The van der Waals surface area contributed by atoms with E-state index in [1.165, 1.54) is 23.4 Å². The number of piperazine rings is 1. The predicted molar refractivity (Wildman–Crippen MR) is 140 cm³/mol. The first-order valence-electron chi connectivity index (χ1n) is 12.1. The summed E-state index contributed by atoms with van der Waals surface area (Å²) in [6.45, 7) is 5.72. The largest absolute Gasteiger partial charge is 0.487 e. The molecule has 2 atom stereocenters. The van der Waals surface area contributed by atoms with Crippen molar-refractivity contribution >= 4 is 34.3 Å². The molecule has 11 heteroatoms. The highest BCUT2D eigenvalue weighted by Gasteiger charge is 2.35. The van der Waals surface area contributed by atoms with Crippen LogP contribution >= 0.6 is 11.6 Å². The van der Waals surface area contributed by atoms with Gasteiger partial charge < -0.3 is 15.0 Å². The minimum atomic E-state index is -0.688. The summed E-state index contributed by atoms with van der Waals surface area (Å²) in [5, 5.41) is 7.80. The first-order valence-corrected chi connectivity index (χ1v) is 12.5. The molecule has 1 N–H and O–H groups in total. The Hall–Kier alpha value is -4.05. The van der Waals surface area contributed by atoms with Gasteiger partial charge in [-0.1, -0.05) is 23.7 Å². The number of carbonyl (C=O) groups is 2. The van der Waals surface area contributed by atoms with Crippen LogP contribution < -0.4 is 10.1 Å². The summed E-state index contributed by atoms with van der Waals surface area (Å²) in [5.74, 6) is -0.700. The van der Waals surface area contributed by atoms with E-state index in [0.717, 1.165) is 16.6 Å². The lowest BCUT2D eigenvalue weighted by atomic mass is 9.98. The summed E-state index contributed by atoms with van der Waals surface area (Å²) in [6.07, 6.45) is 1.49. The van der Waals surface area contributed by atoms with E-state index in [2.05, 4.69) is 15.4 Å². The maximum atomic E-state index is 14.5. The molecule has 2 aromatic carbocycles. The molecule has 1 saturated heterocycles. The second-order valence-electron chi connectivity index (χ2n) is 9.42. The Morgan fingerprint density at radius 1 is 1.26 bits per heavy atom. The van der Waals surface area contributed by atoms with E-state index in [1.807, 2.05) is 32.2 Å². The highest BCUT2D eigenvalue weighted by molar-refractivity contribution is 6.35. The molecule has 9 nitrogen and oxygen atoms in total. The van der Waals surface area contributed by atoms with Crippen LogP contribution in [0.25, 0.3) is 22.3 Å². The first kappa shape index (κ1) is 25.6. The van der Waals surface area contributed by atoms with Crippen LogP contribution in [0.15, 0.2) is 42.7 Å². The zero-order valence-electron chi connectivity index (χ0n) is 21.3. The monoisotopic (exact) mass is 536 g/mol. The molecular weight excluding hydrogens is 511 g/mol. The number of hydrogen-bond donors (Lipinski definition) is 1. The average molecular weight is 537 g/mol. The van der Waals surface area contributed by atoms with Gasteiger partial charge in [0, 0.05) is 41.8 Å². The van der Waals surface area contributed by atoms with Gasteiger partial charge >= 0.3 is 11.8 Å². The van der Waals surface area contributed by atoms with Crippen molar-refractivity contribution in [1.29, 1.82) is 0 Å². The molecule has 2 amide bonds. The number of pyridine rings is 1. The van der Waals surface area contributed by atoms with Gasteiger partial charge in [-0.05, 0) is 50.6 Å². The molecule has 3 heterocycles. The van der Waals surface area contributed by atoms with E-state index in [1.54, 1.807) is 24.6 Å². The van der Waals surface area contributed by atoms with Gasteiger partial charge in [0.1, 0.15) is 30.0 Å². The summed E-state index contributed by atoms with van der Waals surface area (Å²) in [6, 6.07) is 9.23. The summed E-state index contributed by atoms with van der Waals surface area (Å²) < 4.78 is 22.4. The van der Waals surface area contributed by atoms with Gasteiger partial charge in [0.25, 0.3) is 0 Å². The zero-order valence-corrected chi connectivity index (χ0v) is 22.1. The fourth-order valence-corrected chi connectivity index (χ4v) is 5.10. The molecule has 0 bridgehead atoms. The number of ether oxygens (including phenoxy) is 1. The number of para-hydroxylation sites is 1. The van der Waals surface area contributed by atoms with Crippen molar-refractivity contribution in [3.8, 4) is 17.1 Å². The second-order valence-corrected chi connectivity index (χ2v) is 9.83. The summed E-state index contributed by atoms with van der Waals surface area (Å²) in [5.41, 5.74) is 3.26. The Labute approximate surface area is 223 Å². The maximum absolute atomic E-state index is 14.5. The van der Waals surface area contributed by atoms with Crippen LogP contribution in [0.5, 0.6) is 5.75 Å². The molecule has 0 aliphatic carbocycles. The van der Waals surface area contributed by atoms with Crippen LogP contribution in [-0.4, -0.2) is 49.0 Å². The number of nitrogens with zero attached hydrogens (tertiary/aromatic N) is 5. The summed E-state index contributed by atoms with van der Waals surface area (Å²) in [4.78, 5) is 35.3. The maximum Gasteiger partial charge on any atom is 0.312 e. The topological polar surface area (TPSA) is 102 Å². The molecule has 0 spiro atoms. The molecule has 0 radical (unpaired) electrons. The van der Waals surface area contributed by atoms with Crippen molar-refractivity contribution in [1.82, 2.24) is 30.0 Å². The molecule has 0 unspecified atom stereocenters. The number of amides is 2. The Morgan fingerprint density at radius 2 is 2.05 bits per heavy atom. The van der Waals surface area contributed by atoms with Crippen LogP contribution in [0.3, 0.4) is 0 Å². The van der Waals surface area contributed by atoms with Gasteiger partial charge in [0.2, 0.25) is 0 Å². The highest BCUT2D eigenvalue weighted by Crippen LogP contribution is 2.35. The van der Waals surface area contributed by atoms with Crippen LogP contribution in [0.2, 0.25) is 5.02 Å². The minimum absolute atomic E-state index is 0.00338. The molecule has 1 aliphatic rings. The Kier molecular flexibility index (Phi) is 6.75. The molecule has 1 fully saturated rings. The number of aromatic nitrogens is 4. The van der Waals surface area contributed by atoms with Gasteiger partial charge in [0.05, 0.1) is 11.1 Å². The van der Waals surface area contributed by atoms with Gasteiger partial charge in [-0.15, -0.1) is 0 Å². The predicted octanol–water partition coefficient (Wildman–Crippen LogP) is 4.12. The van der Waals surface area contributed by atoms with E-state index >= 15 is 0 Å². The Balaban J connectivity index is 1.52. The smallest absolute Gasteiger partial charge is 0.312 e. The lowest BCUT2D eigenvalue weighted by Gasteiger charge is -2.36. The fraction of sp³-hybridized carbons (Fsp3) is 0.296. The van der Waals surface area contributed by atoms with E-state index in [0.29, 0.717) is 28.2 Å². The third-order valence-corrected chi connectivity index (χ3v) is 7.01. The average Bonchev–Trinajstić information content (AvgIpc) is 3.30. The Morgan fingerprint density at radius 3 is 2.79 bits per heavy atom. The van der Waals surface area contributed by atoms with Crippen LogP contribution in [0, 0.1) is 12.7 Å². The van der Waals surface area contributed by atoms with Crippen molar-refractivity contribution in [2.75, 3.05) is 6.54 Å². The van der Waals surface area contributed by atoms with Crippen molar-refractivity contribution in [3.05, 3.63) is 70.4 Å². The molecule has 38 heavy (non-hydrogen) atoms. The van der Waals surface area contributed by atoms with Gasteiger partial charge in [-0.3, -0.25) is 9.59 Å². The molecule has 4 aromatic rings. The number of hydrogen-bond acceptors (Lipinski definition) is 6. The number of fused-ring (bicyclic) bond motifs is 1. The molecule has 0 saturated carbocycles. The van der Waals surface area contributed by atoms with Gasteiger partial charge in [-0.2, -0.15) is 5.10 Å². The zero-order chi connectivity index (χ0) is 27.1. The molecule has 5 rings (SSSR count). The summed E-state index contributed by atoms with van der Waals surface area (Å²) in [7, 11) is 1.82. The third-order valence-electron chi connectivity index (χ3n) is 6.67. The van der Waals surface area contributed by atoms with Crippen molar-refractivity contribution in [2.24, 2.45) is 7.05 Å². The van der Waals surface area contributed by atoms with Gasteiger partial charge in [0.15, 0.2) is 5.82 Å². The number of benzene rings is 2. The van der Waals surface area contributed by atoms with E-state index < -0.39 is 23.7 Å². The minimum Gasteiger partial charge on any atom is -0.487 e. The highest BCUT2D eigenvalue weighted by atomic mass is 35.5. The van der Waals surface area contributed by atoms with E-state index in [9.17, 15) is 14.0 Å². The van der Waals surface area contributed by atoms with Crippen LogP contribution in [0.4, 0.5) is 4.39 Å². The first-order chi connectivity index (χ1) is 18.1. The molecule has 1 aliphatic heterocycles. The quantitative estimate of drug-likeness (QED) is 0.372. The lowest BCUT2D eigenvalue weighted by Crippen LogP contribution is -2.57. The molecule has 2 aromatic heterocycles. The fourth-order valence-electron chi connectivity index (χ4n) is 4.83. The van der Waals surface area contributed by atoms with Gasteiger partial charge in [-0.25, -0.2) is 19.0 Å². The number of rotatable bonds is 6. The number of halogens is 2. The number of nitrogens with one attached hydrogen (secondary N) is 1.